The molecule has 3 heterocycles. The summed E-state index contributed by atoms with van der Waals surface area (Å²) >= 11 is 1.45. The Morgan fingerprint density at radius 2 is 1.81 bits per heavy atom. The minimum absolute atomic E-state index is 0. The number of morpholine rings is 1. The third-order valence-electron chi connectivity index (χ3n) is 7.55. The van der Waals surface area contributed by atoms with Gasteiger partial charge in [0.1, 0.15) is 5.75 Å². The highest BCUT2D eigenvalue weighted by Gasteiger charge is 2.31. The van der Waals surface area contributed by atoms with Crippen molar-refractivity contribution < 1.29 is 22.7 Å². The number of rotatable bonds is 9. The van der Waals surface area contributed by atoms with E-state index in [4.69, 9.17) is 14.5 Å². The molecule has 6 rings (SSSR count). The van der Waals surface area contributed by atoms with E-state index in [9.17, 15) is 13.2 Å². The molecule has 2 aliphatic rings. The average Bonchev–Trinajstić information content (AvgIpc) is 3.64. The van der Waals surface area contributed by atoms with Crippen molar-refractivity contribution in [1.82, 2.24) is 9.88 Å². The molecule has 0 radical (unpaired) electrons. The first-order valence-corrected chi connectivity index (χ1v) is 16.0. The molecule has 0 unspecified atom stereocenters. The number of aromatic nitrogens is 1. The van der Waals surface area contributed by atoms with E-state index < -0.39 is 10.0 Å². The first kappa shape index (κ1) is 30.2. The molecule has 3 aromatic carbocycles. The normalized spacial score (nSPS) is 15.3. The van der Waals surface area contributed by atoms with Gasteiger partial charge >= 0.3 is 0 Å². The summed E-state index contributed by atoms with van der Waals surface area (Å²) in [5.74, 6) is 0.491. The summed E-state index contributed by atoms with van der Waals surface area (Å²) in [5, 5.41) is 0.602. The van der Waals surface area contributed by atoms with Crippen LogP contribution in [0.2, 0.25) is 0 Å². The SMILES string of the molecule is COc1ccc2sc(N(CCCN3CCOCC3)C(=O)c3ccc(S(=O)(=O)N4CCc5ccccc54)cc3)nc2c1.Cl. The third kappa shape index (κ3) is 6.11. The fourth-order valence-corrected chi connectivity index (χ4v) is 7.78. The predicted molar refractivity (Wildman–Crippen MR) is 168 cm³/mol. The monoisotopic (exact) mass is 628 g/mol. The quantitative estimate of drug-likeness (QED) is 0.262. The van der Waals surface area contributed by atoms with E-state index in [1.807, 2.05) is 42.5 Å². The summed E-state index contributed by atoms with van der Waals surface area (Å²) in [7, 11) is -2.13. The van der Waals surface area contributed by atoms with Crippen molar-refractivity contribution in [2.75, 3.05) is 62.3 Å². The fraction of sp³-hybridized carbons (Fsp3) is 0.333. The number of carbonyl (C=O) groups excluding carboxylic acids is 1. The Balaban J connectivity index is 0.00000353. The number of hydrogen-bond donors (Lipinski definition) is 0. The molecular formula is C30H33ClN4O5S2. The van der Waals surface area contributed by atoms with Gasteiger partial charge in [0.15, 0.2) is 5.13 Å². The van der Waals surface area contributed by atoms with E-state index in [1.165, 1.54) is 27.8 Å². The second-order valence-corrected chi connectivity index (χ2v) is 12.9. The van der Waals surface area contributed by atoms with Crippen LogP contribution in [0.25, 0.3) is 10.2 Å². The minimum atomic E-state index is -3.75. The molecule has 1 aromatic heterocycles. The van der Waals surface area contributed by atoms with Crippen LogP contribution in [0.4, 0.5) is 10.8 Å². The van der Waals surface area contributed by atoms with Crippen LogP contribution in [0, 0.1) is 0 Å². The van der Waals surface area contributed by atoms with Crippen LogP contribution in [0.3, 0.4) is 0 Å². The highest BCUT2D eigenvalue weighted by atomic mass is 35.5. The Kier molecular flexibility index (Phi) is 9.34. The number of sulfonamides is 1. The number of carbonyl (C=O) groups is 1. The number of halogens is 1. The topological polar surface area (TPSA) is 92.3 Å². The van der Waals surface area contributed by atoms with Gasteiger partial charge in [0, 0.05) is 44.4 Å². The van der Waals surface area contributed by atoms with Crippen molar-refractivity contribution >= 4 is 60.7 Å². The number of fused-ring (bicyclic) bond motifs is 2. The van der Waals surface area contributed by atoms with Crippen molar-refractivity contribution in [3.63, 3.8) is 0 Å². The van der Waals surface area contributed by atoms with Crippen LogP contribution in [-0.2, 0) is 21.2 Å². The molecule has 0 atom stereocenters. The van der Waals surface area contributed by atoms with Gasteiger partial charge in [-0.25, -0.2) is 13.4 Å². The lowest BCUT2D eigenvalue weighted by atomic mass is 10.2. The maximum Gasteiger partial charge on any atom is 0.264 e. The zero-order valence-electron chi connectivity index (χ0n) is 23.3. The fourth-order valence-electron chi connectivity index (χ4n) is 5.31. The van der Waals surface area contributed by atoms with Crippen LogP contribution >= 0.6 is 23.7 Å². The third-order valence-corrected chi connectivity index (χ3v) is 10.4. The van der Waals surface area contributed by atoms with E-state index >= 15 is 0 Å². The van der Waals surface area contributed by atoms with E-state index in [0.29, 0.717) is 41.6 Å². The first-order chi connectivity index (χ1) is 19.9. The number of nitrogens with zero attached hydrogens (tertiary/aromatic N) is 4. The van der Waals surface area contributed by atoms with Crippen LogP contribution < -0.4 is 13.9 Å². The summed E-state index contributed by atoms with van der Waals surface area (Å²) in [6.45, 7) is 4.94. The van der Waals surface area contributed by atoms with Crippen LogP contribution in [0.15, 0.2) is 71.6 Å². The molecule has 0 bridgehead atoms. The van der Waals surface area contributed by atoms with Crippen molar-refractivity contribution in [2.45, 2.75) is 17.7 Å². The Morgan fingerprint density at radius 3 is 2.57 bits per heavy atom. The van der Waals surface area contributed by atoms with Crippen molar-refractivity contribution in [2.24, 2.45) is 0 Å². The van der Waals surface area contributed by atoms with Gasteiger partial charge in [-0.3, -0.25) is 18.9 Å². The number of thiazole rings is 1. The molecule has 4 aromatic rings. The van der Waals surface area contributed by atoms with Crippen LogP contribution in [0.5, 0.6) is 5.75 Å². The number of benzene rings is 3. The standard InChI is InChI=1S/C30H32N4O5S2.ClH/c1-38-24-9-12-28-26(21-24)31-30(40-28)33(15-4-14-32-17-19-39-20-18-32)29(35)23-7-10-25(11-8-23)41(36,37)34-16-13-22-5-2-3-6-27(22)34;/h2-3,5-12,21H,4,13-20H2,1H3;1H. The maximum absolute atomic E-state index is 13.9. The lowest BCUT2D eigenvalue weighted by Crippen LogP contribution is -2.39. The lowest BCUT2D eigenvalue weighted by Gasteiger charge is -2.27. The highest BCUT2D eigenvalue weighted by molar-refractivity contribution is 7.92. The first-order valence-electron chi connectivity index (χ1n) is 13.7. The average molecular weight is 629 g/mol. The Bertz CT molecular complexity index is 1660. The predicted octanol–water partition coefficient (Wildman–Crippen LogP) is 4.85. The van der Waals surface area contributed by atoms with E-state index in [-0.39, 0.29) is 23.2 Å². The molecule has 1 amide bonds. The largest absolute Gasteiger partial charge is 0.497 e. The van der Waals surface area contributed by atoms with Crippen molar-refractivity contribution in [3.8, 4) is 5.75 Å². The maximum atomic E-state index is 13.9. The second kappa shape index (κ2) is 13.0. The molecule has 1 saturated heterocycles. The van der Waals surface area contributed by atoms with Gasteiger partial charge in [0.05, 0.1) is 41.1 Å². The van der Waals surface area contributed by atoms with Gasteiger partial charge < -0.3 is 9.47 Å². The number of ether oxygens (including phenoxy) is 2. The molecular weight excluding hydrogens is 596 g/mol. The molecule has 222 valence electrons. The molecule has 0 saturated carbocycles. The zero-order chi connectivity index (χ0) is 28.4. The van der Waals surface area contributed by atoms with E-state index in [0.717, 1.165) is 55.0 Å². The highest BCUT2D eigenvalue weighted by Crippen LogP contribution is 2.34. The smallest absolute Gasteiger partial charge is 0.264 e. The zero-order valence-corrected chi connectivity index (χ0v) is 25.7. The molecule has 2 aliphatic heterocycles. The van der Waals surface area contributed by atoms with Gasteiger partial charge in [-0.2, -0.15) is 0 Å². The number of para-hydroxylation sites is 1. The minimum Gasteiger partial charge on any atom is -0.497 e. The molecule has 0 aliphatic carbocycles. The van der Waals surface area contributed by atoms with E-state index in [1.54, 1.807) is 24.1 Å². The molecule has 0 N–H and O–H groups in total. The molecule has 0 spiro atoms. The Hall–Kier alpha value is -3.22. The van der Waals surface area contributed by atoms with Gasteiger partial charge in [0.2, 0.25) is 0 Å². The van der Waals surface area contributed by atoms with Gasteiger partial charge in [-0.1, -0.05) is 29.5 Å². The van der Waals surface area contributed by atoms with Gasteiger partial charge in [0.25, 0.3) is 15.9 Å². The summed E-state index contributed by atoms with van der Waals surface area (Å²) in [5.41, 5.74) is 2.91. The molecule has 1 fully saturated rings. The van der Waals surface area contributed by atoms with Crippen molar-refractivity contribution in [1.29, 1.82) is 0 Å². The van der Waals surface area contributed by atoms with E-state index in [2.05, 4.69) is 4.90 Å². The van der Waals surface area contributed by atoms with Crippen LogP contribution in [0.1, 0.15) is 22.3 Å². The summed E-state index contributed by atoms with van der Waals surface area (Å²) in [4.78, 5) is 22.9. The summed E-state index contributed by atoms with van der Waals surface area (Å²) in [6, 6.07) is 19.5. The van der Waals surface area contributed by atoms with Gasteiger partial charge in [-0.15, -0.1) is 12.4 Å². The Morgan fingerprint density at radius 1 is 1.05 bits per heavy atom. The van der Waals surface area contributed by atoms with Crippen molar-refractivity contribution in [3.05, 3.63) is 77.9 Å². The molecule has 42 heavy (non-hydrogen) atoms. The summed E-state index contributed by atoms with van der Waals surface area (Å²) < 4.78 is 40.2. The molecule has 12 heteroatoms. The second-order valence-electron chi connectivity index (χ2n) is 10.1. The number of methoxy groups -OCH3 is 1. The number of hydrogen-bond acceptors (Lipinski definition) is 8. The van der Waals surface area contributed by atoms with Crippen LogP contribution in [-0.4, -0.2) is 77.3 Å². The number of amides is 1. The van der Waals surface area contributed by atoms with Gasteiger partial charge in [-0.05, 0) is 60.9 Å². The summed E-state index contributed by atoms with van der Waals surface area (Å²) in [6.07, 6.45) is 1.45. The Labute approximate surface area is 256 Å². The molecule has 9 nitrogen and oxygen atoms in total. The number of anilines is 2. The lowest BCUT2D eigenvalue weighted by molar-refractivity contribution is 0.0376.